The number of ether oxygens (including phenoxy) is 3. The van der Waals surface area contributed by atoms with E-state index in [1.807, 2.05) is 6.08 Å². The molecule has 1 aliphatic heterocycles. The van der Waals surface area contributed by atoms with Gasteiger partial charge in [-0.25, -0.2) is 0 Å². The van der Waals surface area contributed by atoms with E-state index in [-0.39, 0.29) is 13.0 Å². The summed E-state index contributed by atoms with van der Waals surface area (Å²) in [4.78, 5) is 26.8. The van der Waals surface area contributed by atoms with Gasteiger partial charge in [-0.15, -0.1) is 0 Å². The molecule has 11 nitrogen and oxygen atoms in total. The van der Waals surface area contributed by atoms with Crippen LogP contribution in [0, 0.1) is 0 Å². The summed E-state index contributed by atoms with van der Waals surface area (Å²) >= 11 is 0. The zero-order valence-electron chi connectivity index (χ0n) is 61.1. The molecule has 1 amide bonds. The van der Waals surface area contributed by atoms with Gasteiger partial charge in [0.2, 0.25) is 5.91 Å². The number of aliphatic hydroxyl groups is 5. The molecule has 546 valence electrons. The molecule has 11 heteroatoms. The number of rotatable bonds is 71. The van der Waals surface area contributed by atoms with Crippen molar-refractivity contribution < 1.29 is 49.3 Å². The van der Waals surface area contributed by atoms with Gasteiger partial charge in [0.05, 0.1) is 25.4 Å². The highest BCUT2D eigenvalue weighted by atomic mass is 16.7. The highest BCUT2D eigenvalue weighted by Gasteiger charge is 2.47. The predicted molar refractivity (Wildman–Crippen MR) is 394 cm³/mol. The smallest absolute Gasteiger partial charge is 0.306 e. The highest BCUT2D eigenvalue weighted by Crippen LogP contribution is 2.27. The monoisotopic (exact) mass is 1310 g/mol. The molecule has 8 atom stereocenters. The van der Waals surface area contributed by atoms with E-state index < -0.39 is 67.4 Å². The number of aliphatic hydroxyl groups excluding tert-OH is 5. The zero-order chi connectivity index (χ0) is 67.4. The van der Waals surface area contributed by atoms with Crippen LogP contribution in [0.25, 0.3) is 0 Å². The van der Waals surface area contributed by atoms with Crippen molar-refractivity contribution in [3.63, 3.8) is 0 Å². The van der Waals surface area contributed by atoms with Gasteiger partial charge in [-0.05, 0) is 64.2 Å². The molecule has 1 rings (SSSR count). The quantitative estimate of drug-likeness (QED) is 0.0195. The maximum atomic E-state index is 13.5. The van der Waals surface area contributed by atoms with Crippen LogP contribution in [0.1, 0.15) is 400 Å². The molecule has 93 heavy (non-hydrogen) atoms. The van der Waals surface area contributed by atoms with E-state index >= 15 is 0 Å². The summed E-state index contributed by atoms with van der Waals surface area (Å²) in [6.45, 7) is 5.84. The Kier molecular flexibility index (Phi) is 66.3. The van der Waals surface area contributed by atoms with Crippen LogP contribution in [-0.2, 0) is 23.8 Å². The van der Waals surface area contributed by atoms with Crippen LogP contribution in [0.2, 0.25) is 0 Å². The lowest BCUT2D eigenvalue weighted by Gasteiger charge is -2.41. The molecule has 0 radical (unpaired) electrons. The van der Waals surface area contributed by atoms with Gasteiger partial charge in [-0.3, -0.25) is 9.59 Å². The van der Waals surface area contributed by atoms with Crippen molar-refractivity contribution >= 4 is 11.9 Å². The van der Waals surface area contributed by atoms with Crippen molar-refractivity contribution in [2.75, 3.05) is 13.2 Å². The SMILES string of the molecule is CCCCC/C=C\C/C=C\C/C=C\CCCCCCCCCCCCCC(O)C(=O)NC(COC1OC(CO)C(O)C(O)C1OC(=O)CCCCCCCCCCCCCCCCCCCCCCCCCCCCC)C(O)/C=C/CCCCCCCCCCCCC. The van der Waals surface area contributed by atoms with Crippen LogP contribution in [0.4, 0.5) is 0 Å². The minimum atomic E-state index is -1.61. The number of carbonyl (C=O) groups is 2. The van der Waals surface area contributed by atoms with Crippen molar-refractivity contribution in [2.45, 2.75) is 449 Å². The third-order valence-electron chi connectivity index (χ3n) is 19.2. The first-order valence-electron chi connectivity index (χ1n) is 40.4. The summed E-state index contributed by atoms with van der Waals surface area (Å²) in [5.74, 6) is -1.18. The molecule has 0 aromatic carbocycles. The molecular formula is C82H153NO10. The molecule has 0 aromatic rings. The van der Waals surface area contributed by atoms with Gasteiger partial charge in [0, 0.05) is 6.42 Å². The van der Waals surface area contributed by atoms with E-state index in [1.54, 1.807) is 6.08 Å². The molecule has 1 aliphatic rings. The lowest BCUT2D eigenvalue weighted by molar-refractivity contribution is -0.305. The Bertz CT molecular complexity index is 1700. The number of esters is 1. The summed E-state index contributed by atoms with van der Waals surface area (Å²) in [5.41, 5.74) is 0. The van der Waals surface area contributed by atoms with Crippen molar-refractivity contribution in [1.82, 2.24) is 5.32 Å². The van der Waals surface area contributed by atoms with Gasteiger partial charge in [-0.1, -0.05) is 378 Å². The molecule has 0 spiro atoms. The second-order valence-corrected chi connectivity index (χ2v) is 28.2. The first-order chi connectivity index (χ1) is 45.7. The fourth-order valence-electron chi connectivity index (χ4n) is 12.9. The molecule has 1 fully saturated rings. The minimum absolute atomic E-state index is 0.129. The Morgan fingerprint density at radius 2 is 0.742 bits per heavy atom. The summed E-state index contributed by atoms with van der Waals surface area (Å²) < 4.78 is 17.8. The lowest BCUT2D eigenvalue weighted by atomic mass is 9.99. The van der Waals surface area contributed by atoms with Crippen molar-refractivity contribution in [3.8, 4) is 0 Å². The van der Waals surface area contributed by atoms with Crippen LogP contribution in [0.5, 0.6) is 0 Å². The standard InChI is InChI=1S/C82H153NO10/c1-4-7-10-13-16-19-22-25-27-29-31-33-35-37-38-39-41-43-45-47-49-52-55-58-61-64-67-70-77(87)93-80-79(89)78(88)76(71-84)92-82(80)91-72-73(74(85)68-65-62-59-56-53-50-24-21-18-15-12-9-6-3)83-81(90)75(86)69-66-63-60-57-54-51-48-46-44-42-40-36-34-32-30-28-26-23-20-17-14-11-8-5-2/h17,20,26,28,32,34,65,68,73-76,78-80,82,84-86,88-89H,4-16,18-19,21-25,27,29-31,33,35-64,66-67,69-72H2,1-3H3,(H,83,90)/b20-17-,28-26-,34-32-,68-65+. The zero-order valence-corrected chi connectivity index (χ0v) is 61.1. The third kappa shape index (κ3) is 56.2. The van der Waals surface area contributed by atoms with Gasteiger partial charge in [0.25, 0.3) is 0 Å². The Labute approximate surface area is 574 Å². The van der Waals surface area contributed by atoms with E-state index in [9.17, 15) is 35.1 Å². The number of carbonyl (C=O) groups excluding carboxylic acids is 2. The number of nitrogens with one attached hydrogen (secondary N) is 1. The van der Waals surface area contributed by atoms with Crippen LogP contribution in [0.15, 0.2) is 48.6 Å². The second kappa shape index (κ2) is 69.5. The van der Waals surface area contributed by atoms with E-state index in [0.717, 1.165) is 77.0 Å². The number of unbranched alkanes of at least 4 members (excludes halogenated alkanes) is 51. The summed E-state index contributed by atoms with van der Waals surface area (Å²) in [6, 6.07) is -1.03. The van der Waals surface area contributed by atoms with Gasteiger partial charge in [0.1, 0.15) is 24.4 Å². The Morgan fingerprint density at radius 3 is 1.13 bits per heavy atom. The third-order valence-corrected chi connectivity index (χ3v) is 19.2. The summed E-state index contributed by atoms with van der Waals surface area (Å²) in [6.07, 6.45) is 78.8. The largest absolute Gasteiger partial charge is 0.454 e. The molecule has 0 saturated carbocycles. The number of hydrogen-bond acceptors (Lipinski definition) is 10. The van der Waals surface area contributed by atoms with E-state index in [0.29, 0.717) is 19.3 Å². The highest BCUT2D eigenvalue weighted by molar-refractivity contribution is 5.80. The average Bonchev–Trinajstić information content (AvgIpc) is 0.918. The maximum absolute atomic E-state index is 13.5. The molecule has 1 heterocycles. The lowest BCUT2D eigenvalue weighted by Crippen LogP contribution is -2.61. The van der Waals surface area contributed by atoms with Gasteiger partial charge in [-0.2, -0.15) is 0 Å². The Morgan fingerprint density at radius 1 is 0.419 bits per heavy atom. The molecule has 0 aliphatic carbocycles. The van der Waals surface area contributed by atoms with Crippen LogP contribution < -0.4 is 5.32 Å². The molecule has 0 aromatic heterocycles. The maximum Gasteiger partial charge on any atom is 0.306 e. The van der Waals surface area contributed by atoms with E-state index in [1.165, 1.54) is 276 Å². The van der Waals surface area contributed by atoms with Gasteiger partial charge < -0.3 is 45.1 Å². The predicted octanol–water partition coefficient (Wildman–Crippen LogP) is 21.9. The molecule has 6 N–H and O–H groups in total. The van der Waals surface area contributed by atoms with Crippen LogP contribution in [0.3, 0.4) is 0 Å². The van der Waals surface area contributed by atoms with Gasteiger partial charge in [0.15, 0.2) is 12.4 Å². The normalized spacial score (nSPS) is 18.0. The second-order valence-electron chi connectivity index (χ2n) is 28.2. The number of amides is 1. The van der Waals surface area contributed by atoms with Crippen molar-refractivity contribution in [2.24, 2.45) is 0 Å². The summed E-state index contributed by atoms with van der Waals surface area (Å²) in [7, 11) is 0. The molecule has 8 unspecified atom stereocenters. The number of hydrogen-bond donors (Lipinski definition) is 6. The molecule has 1 saturated heterocycles. The van der Waals surface area contributed by atoms with Crippen molar-refractivity contribution in [1.29, 1.82) is 0 Å². The van der Waals surface area contributed by atoms with E-state index in [4.69, 9.17) is 14.2 Å². The fraction of sp³-hybridized carbons (Fsp3) is 0.878. The fourth-order valence-corrected chi connectivity index (χ4v) is 12.9. The first kappa shape index (κ1) is 88.6. The molecule has 0 bridgehead atoms. The summed E-state index contributed by atoms with van der Waals surface area (Å²) in [5, 5.41) is 57.5. The van der Waals surface area contributed by atoms with Gasteiger partial charge >= 0.3 is 5.97 Å². The van der Waals surface area contributed by atoms with Crippen molar-refractivity contribution in [3.05, 3.63) is 48.6 Å². The Hall–Kier alpha value is -2.38. The van der Waals surface area contributed by atoms with Crippen LogP contribution >= 0.6 is 0 Å². The van der Waals surface area contributed by atoms with E-state index in [2.05, 4.69) is 62.5 Å². The Balaban J connectivity index is 2.49. The average molecular weight is 1310 g/mol. The minimum Gasteiger partial charge on any atom is -0.454 e. The topological polar surface area (TPSA) is 175 Å². The molecular weight excluding hydrogens is 1160 g/mol. The first-order valence-corrected chi connectivity index (χ1v) is 40.4. The number of allylic oxidation sites excluding steroid dienone is 7. The van der Waals surface area contributed by atoms with Crippen LogP contribution in [-0.4, -0.2) is 99.6 Å².